The van der Waals surface area contributed by atoms with E-state index < -0.39 is 28.3 Å². The molecule has 5 nitrogen and oxygen atoms in total. The lowest BCUT2D eigenvalue weighted by molar-refractivity contribution is -0.384. The van der Waals surface area contributed by atoms with Gasteiger partial charge in [-0.15, -0.1) is 11.8 Å². The van der Waals surface area contributed by atoms with Crippen LogP contribution in [0, 0.1) is 27.6 Å². The number of rotatable bonds is 5. The Balaban J connectivity index is 2.04. The van der Waals surface area contributed by atoms with Gasteiger partial charge >= 0.3 is 0 Å². The smallest absolute Gasteiger partial charge is 0.271 e. The third kappa shape index (κ3) is 4.46. The highest BCUT2D eigenvalue weighted by molar-refractivity contribution is 8.00. The number of non-ortho nitro benzene ring substituents is 1. The third-order valence-corrected chi connectivity index (χ3v) is 3.72. The van der Waals surface area contributed by atoms with Crippen LogP contribution >= 0.6 is 11.8 Å². The number of thioether (sulfide) groups is 1. The maximum atomic E-state index is 13.5. The van der Waals surface area contributed by atoms with E-state index in [9.17, 15) is 28.1 Å². The van der Waals surface area contributed by atoms with Crippen LogP contribution in [0.1, 0.15) is 0 Å². The lowest BCUT2D eigenvalue weighted by Crippen LogP contribution is -2.15. The van der Waals surface area contributed by atoms with E-state index in [4.69, 9.17) is 0 Å². The van der Waals surface area contributed by atoms with Crippen LogP contribution in [0.5, 0.6) is 0 Å². The van der Waals surface area contributed by atoms with Crippen LogP contribution in [0.15, 0.2) is 41.3 Å². The van der Waals surface area contributed by atoms with E-state index in [2.05, 4.69) is 5.32 Å². The van der Waals surface area contributed by atoms with E-state index in [1.165, 1.54) is 0 Å². The molecule has 0 aromatic heterocycles. The van der Waals surface area contributed by atoms with Crippen LogP contribution in [-0.2, 0) is 4.79 Å². The number of carbonyl (C=O) groups excluding carboxylic acids is 1. The summed E-state index contributed by atoms with van der Waals surface area (Å²) >= 11 is 0.722. The highest BCUT2D eigenvalue weighted by atomic mass is 32.2. The Morgan fingerprint density at radius 2 is 1.83 bits per heavy atom. The minimum Gasteiger partial charge on any atom is -0.323 e. The molecule has 0 saturated carbocycles. The Bertz CT molecular complexity index is 771. The summed E-state index contributed by atoms with van der Waals surface area (Å²) < 4.78 is 39.9. The number of halogens is 3. The quantitative estimate of drug-likeness (QED) is 0.510. The Hall–Kier alpha value is -2.55. The molecule has 0 radical (unpaired) electrons. The first kappa shape index (κ1) is 16.8. The predicted octanol–water partition coefficient (Wildman–Crippen LogP) is 3.74. The topological polar surface area (TPSA) is 72.2 Å². The average molecular weight is 342 g/mol. The van der Waals surface area contributed by atoms with Crippen LogP contribution in [0.3, 0.4) is 0 Å². The van der Waals surface area contributed by atoms with Gasteiger partial charge in [-0.05, 0) is 24.3 Å². The highest BCUT2D eigenvalue weighted by Crippen LogP contribution is 2.24. The van der Waals surface area contributed by atoms with Crippen molar-refractivity contribution in [3.8, 4) is 0 Å². The van der Waals surface area contributed by atoms with Crippen molar-refractivity contribution < 1.29 is 22.9 Å². The Labute approximate surface area is 132 Å². The van der Waals surface area contributed by atoms with E-state index in [0.717, 1.165) is 48.2 Å². The second-order valence-corrected chi connectivity index (χ2v) is 5.35. The summed E-state index contributed by atoms with van der Waals surface area (Å²) in [6.45, 7) is 0. The fourth-order valence-electron chi connectivity index (χ4n) is 1.64. The zero-order valence-electron chi connectivity index (χ0n) is 11.4. The standard InChI is InChI=1S/C14H9F3N2O3S/c15-8-1-3-11(17)13(5-8)23-7-14(20)18-12-6-9(19(21)22)2-4-10(12)16/h1-6H,7H2,(H,18,20). The zero-order valence-corrected chi connectivity index (χ0v) is 12.2. The lowest BCUT2D eigenvalue weighted by Gasteiger charge is -2.07. The number of anilines is 1. The van der Waals surface area contributed by atoms with E-state index in [1.807, 2.05) is 0 Å². The number of hydrogen-bond acceptors (Lipinski definition) is 4. The molecule has 0 unspecified atom stereocenters. The summed E-state index contributed by atoms with van der Waals surface area (Å²) in [6.07, 6.45) is 0. The molecule has 0 spiro atoms. The fourth-order valence-corrected chi connectivity index (χ4v) is 2.40. The highest BCUT2D eigenvalue weighted by Gasteiger charge is 2.14. The van der Waals surface area contributed by atoms with E-state index in [-0.39, 0.29) is 22.0 Å². The van der Waals surface area contributed by atoms with Gasteiger partial charge in [-0.3, -0.25) is 14.9 Å². The number of nitrogens with zero attached hydrogens (tertiary/aromatic N) is 1. The molecular weight excluding hydrogens is 333 g/mol. The molecule has 1 N–H and O–H groups in total. The zero-order chi connectivity index (χ0) is 17.0. The van der Waals surface area contributed by atoms with Gasteiger partial charge in [0.15, 0.2) is 0 Å². The summed E-state index contributed by atoms with van der Waals surface area (Å²) in [7, 11) is 0. The van der Waals surface area contributed by atoms with Crippen molar-refractivity contribution in [2.75, 3.05) is 11.1 Å². The molecular formula is C14H9F3N2O3S. The van der Waals surface area contributed by atoms with Crippen molar-refractivity contribution in [1.82, 2.24) is 0 Å². The first-order valence-electron chi connectivity index (χ1n) is 6.18. The normalized spacial score (nSPS) is 10.4. The Morgan fingerprint density at radius 3 is 2.52 bits per heavy atom. The first-order valence-corrected chi connectivity index (χ1v) is 7.17. The van der Waals surface area contributed by atoms with Gasteiger partial charge in [0, 0.05) is 17.0 Å². The molecule has 0 aliphatic rings. The van der Waals surface area contributed by atoms with Crippen LogP contribution < -0.4 is 5.32 Å². The van der Waals surface area contributed by atoms with E-state index >= 15 is 0 Å². The molecule has 2 aromatic carbocycles. The van der Waals surface area contributed by atoms with Crippen molar-refractivity contribution in [3.63, 3.8) is 0 Å². The van der Waals surface area contributed by atoms with Crippen molar-refractivity contribution in [2.45, 2.75) is 4.90 Å². The van der Waals surface area contributed by atoms with Crippen LogP contribution in [0.2, 0.25) is 0 Å². The monoisotopic (exact) mass is 342 g/mol. The van der Waals surface area contributed by atoms with Gasteiger partial charge in [-0.25, -0.2) is 13.2 Å². The van der Waals surface area contributed by atoms with Gasteiger partial charge in [0.25, 0.3) is 5.69 Å². The van der Waals surface area contributed by atoms with Gasteiger partial charge in [0.2, 0.25) is 5.91 Å². The number of nitro benzene ring substituents is 1. The SMILES string of the molecule is O=C(CSc1cc(F)ccc1F)Nc1cc([N+](=O)[O-])ccc1F. The number of carbonyl (C=O) groups is 1. The molecule has 1 amide bonds. The minimum atomic E-state index is -0.842. The number of nitrogens with one attached hydrogen (secondary N) is 1. The number of benzene rings is 2. The summed E-state index contributed by atoms with van der Waals surface area (Å²) in [5, 5.41) is 12.8. The molecule has 0 bridgehead atoms. The second kappa shape index (κ2) is 7.14. The first-order chi connectivity index (χ1) is 10.9. The molecule has 0 fully saturated rings. The Kier molecular flexibility index (Phi) is 5.22. The largest absolute Gasteiger partial charge is 0.323 e. The number of hydrogen-bond donors (Lipinski definition) is 1. The van der Waals surface area contributed by atoms with Gasteiger partial charge in [-0.2, -0.15) is 0 Å². The van der Waals surface area contributed by atoms with Crippen molar-refractivity contribution in [1.29, 1.82) is 0 Å². The minimum absolute atomic E-state index is 0.0698. The molecule has 2 rings (SSSR count). The molecule has 2 aromatic rings. The van der Waals surface area contributed by atoms with Crippen LogP contribution in [-0.4, -0.2) is 16.6 Å². The Morgan fingerprint density at radius 1 is 1.13 bits per heavy atom. The van der Waals surface area contributed by atoms with Gasteiger partial charge in [0.1, 0.15) is 17.5 Å². The molecule has 0 aliphatic heterocycles. The molecule has 0 atom stereocenters. The molecule has 120 valence electrons. The van der Waals surface area contributed by atoms with Gasteiger partial charge in [-0.1, -0.05) is 0 Å². The second-order valence-electron chi connectivity index (χ2n) is 4.33. The molecule has 23 heavy (non-hydrogen) atoms. The average Bonchev–Trinajstić information content (AvgIpc) is 2.50. The van der Waals surface area contributed by atoms with E-state index in [0.29, 0.717) is 0 Å². The lowest BCUT2D eigenvalue weighted by atomic mass is 10.2. The molecule has 0 heterocycles. The predicted molar refractivity (Wildman–Crippen MR) is 78.8 cm³/mol. The van der Waals surface area contributed by atoms with Crippen molar-refractivity contribution in [3.05, 3.63) is 64.0 Å². The summed E-state index contributed by atoms with van der Waals surface area (Å²) in [5.41, 5.74) is -0.741. The summed E-state index contributed by atoms with van der Waals surface area (Å²) in [6, 6.07) is 5.49. The molecule has 0 aliphatic carbocycles. The number of amides is 1. The summed E-state index contributed by atoms with van der Waals surface area (Å²) in [4.78, 5) is 21.6. The fraction of sp³-hybridized carbons (Fsp3) is 0.0714. The van der Waals surface area contributed by atoms with E-state index in [1.54, 1.807) is 0 Å². The molecule has 9 heteroatoms. The maximum absolute atomic E-state index is 13.5. The van der Waals surface area contributed by atoms with Gasteiger partial charge < -0.3 is 5.32 Å². The summed E-state index contributed by atoms with van der Waals surface area (Å²) in [5.74, 6) is -3.21. The van der Waals surface area contributed by atoms with Gasteiger partial charge in [0.05, 0.1) is 16.4 Å². The van der Waals surface area contributed by atoms with Crippen molar-refractivity contribution >= 4 is 29.0 Å². The number of nitro groups is 1. The maximum Gasteiger partial charge on any atom is 0.271 e. The third-order valence-electron chi connectivity index (χ3n) is 2.69. The molecule has 0 saturated heterocycles. The van der Waals surface area contributed by atoms with Crippen LogP contribution in [0.25, 0.3) is 0 Å². The van der Waals surface area contributed by atoms with Crippen molar-refractivity contribution in [2.24, 2.45) is 0 Å². The van der Waals surface area contributed by atoms with Crippen LogP contribution in [0.4, 0.5) is 24.5 Å².